The maximum atomic E-state index is 12.8. The molecule has 0 saturated carbocycles. The third kappa shape index (κ3) is 3.81. The smallest absolute Gasteiger partial charge is 0.228 e. The molecule has 24 heavy (non-hydrogen) atoms. The Morgan fingerprint density at radius 2 is 2.00 bits per heavy atom. The van der Waals surface area contributed by atoms with Crippen LogP contribution in [0.5, 0.6) is 0 Å². The van der Waals surface area contributed by atoms with Gasteiger partial charge in [0, 0.05) is 32.8 Å². The third-order valence-corrected chi connectivity index (χ3v) is 5.28. The van der Waals surface area contributed by atoms with E-state index in [9.17, 15) is 4.79 Å². The fraction of sp³-hybridized carbons (Fsp3) is 0.778. The van der Waals surface area contributed by atoms with Gasteiger partial charge in [-0.2, -0.15) is 0 Å². The van der Waals surface area contributed by atoms with Gasteiger partial charge in [0.15, 0.2) is 0 Å². The van der Waals surface area contributed by atoms with Gasteiger partial charge in [-0.15, -0.1) is 0 Å². The van der Waals surface area contributed by atoms with Gasteiger partial charge in [-0.25, -0.2) is 4.98 Å². The molecule has 2 atom stereocenters. The van der Waals surface area contributed by atoms with E-state index in [1.54, 1.807) is 0 Å². The van der Waals surface area contributed by atoms with Gasteiger partial charge in [-0.05, 0) is 33.1 Å². The number of nitrogens with zero attached hydrogens (tertiary/aromatic N) is 3. The molecule has 6 nitrogen and oxygen atoms in total. The van der Waals surface area contributed by atoms with E-state index in [1.165, 1.54) is 0 Å². The van der Waals surface area contributed by atoms with Crippen molar-refractivity contribution in [2.45, 2.75) is 52.7 Å². The van der Waals surface area contributed by atoms with Crippen molar-refractivity contribution in [3.05, 3.63) is 17.3 Å². The number of rotatable bonds is 4. The molecule has 3 rings (SSSR count). The Hall–Kier alpha value is -1.40. The lowest BCUT2D eigenvalue weighted by Crippen LogP contribution is -2.52. The number of oxazole rings is 1. The van der Waals surface area contributed by atoms with E-state index in [1.807, 2.05) is 18.7 Å². The van der Waals surface area contributed by atoms with Crippen LogP contribution < -0.4 is 0 Å². The van der Waals surface area contributed by atoms with Crippen LogP contribution in [0.15, 0.2) is 4.42 Å². The monoisotopic (exact) mass is 335 g/mol. The van der Waals surface area contributed by atoms with E-state index in [0.717, 1.165) is 75.9 Å². The highest BCUT2D eigenvalue weighted by atomic mass is 16.5. The third-order valence-electron chi connectivity index (χ3n) is 5.28. The summed E-state index contributed by atoms with van der Waals surface area (Å²) in [5, 5.41) is 0. The molecule has 1 aromatic rings. The SMILES string of the molecule is CCC1OCCCC1C(=O)N1CCN(Cc2nc(C)c(C)o2)CC1. The minimum atomic E-state index is 0.0485. The Bertz CT molecular complexity index is 544. The van der Waals surface area contributed by atoms with Crippen molar-refractivity contribution in [3.8, 4) is 0 Å². The van der Waals surface area contributed by atoms with Crippen molar-refractivity contribution in [1.29, 1.82) is 0 Å². The van der Waals surface area contributed by atoms with Crippen LogP contribution in [0.2, 0.25) is 0 Å². The van der Waals surface area contributed by atoms with Crippen molar-refractivity contribution < 1.29 is 13.9 Å². The summed E-state index contributed by atoms with van der Waals surface area (Å²) in [4.78, 5) is 21.6. The minimum Gasteiger partial charge on any atom is -0.444 e. The number of amides is 1. The second-order valence-electron chi connectivity index (χ2n) is 6.92. The summed E-state index contributed by atoms with van der Waals surface area (Å²) < 4.78 is 11.5. The summed E-state index contributed by atoms with van der Waals surface area (Å²) >= 11 is 0. The molecule has 0 N–H and O–H groups in total. The van der Waals surface area contributed by atoms with E-state index in [-0.39, 0.29) is 17.9 Å². The van der Waals surface area contributed by atoms with Crippen molar-refractivity contribution in [1.82, 2.24) is 14.8 Å². The first-order chi connectivity index (χ1) is 11.6. The number of piperazine rings is 1. The molecule has 3 heterocycles. The summed E-state index contributed by atoms with van der Waals surface area (Å²) in [7, 11) is 0. The van der Waals surface area contributed by atoms with Crippen LogP contribution in [0.3, 0.4) is 0 Å². The number of carbonyl (C=O) groups excluding carboxylic acids is 1. The van der Waals surface area contributed by atoms with E-state index in [2.05, 4.69) is 16.8 Å². The predicted octanol–water partition coefficient (Wildman–Crippen LogP) is 2.14. The van der Waals surface area contributed by atoms with Crippen LogP contribution in [-0.2, 0) is 16.1 Å². The molecule has 0 aromatic carbocycles. The zero-order chi connectivity index (χ0) is 17.1. The largest absolute Gasteiger partial charge is 0.444 e. The average molecular weight is 335 g/mol. The van der Waals surface area contributed by atoms with Gasteiger partial charge < -0.3 is 14.1 Å². The topological polar surface area (TPSA) is 58.8 Å². The Morgan fingerprint density at radius 1 is 1.25 bits per heavy atom. The van der Waals surface area contributed by atoms with Crippen molar-refractivity contribution >= 4 is 5.91 Å². The molecular weight excluding hydrogens is 306 g/mol. The summed E-state index contributed by atoms with van der Waals surface area (Å²) in [6.45, 7) is 10.8. The minimum absolute atomic E-state index is 0.0485. The summed E-state index contributed by atoms with van der Waals surface area (Å²) in [6.07, 6.45) is 2.98. The zero-order valence-electron chi connectivity index (χ0n) is 15.1. The zero-order valence-corrected chi connectivity index (χ0v) is 15.1. The average Bonchev–Trinajstić information content (AvgIpc) is 2.92. The van der Waals surface area contributed by atoms with Gasteiger partial charge in [0.2, 0.25) is 11.8 Å². The maximum Gasteiger partial charge on any atom is 0.228 e. The molecular formula is C18H29N3O3. The molecule has 0 aliphatic carbocycles. The molecule has 2 unspecified atom stereocenters. The molecule has 2 aliphatic rings. The Morgan fingerprint density at radius 3 is 2.62 bits per heavy atom. The van der Waals surface area contributed by atoms with Gasteiger partial charge in [-0.1, -0.05) is 6.92 Å². The predicted molar refractivity (Wildman–Crippen MR) is 90.6 cm³/mol. The number of carbonyl (C=O) groups is 1. The molecule has 1 aromatic heterocycles. The quantitative estimate of drug-likeness (QED) is 0.844. The molecule has 2 fully saturated rings. The maximum absolute atomic E-state index is 12.8. The molecule has 1 amide bonds. The van der Waals surface area contributed by atoms with Crippen LogP contribution in [-0.4, -0.2) is 59.6 Å². The molecule has 0 spiro atoms. The molecule has 0 radical (unpaired) electrons. The Balaban J connectivity index is 1.51. The number of hydrogen-bond donors (Lipinski definition) is 0. The van der Waals surface area contributed by atoms with Gasteiger partial charge in [-0.3, -0.25) is 9.69 Å². The van der Waals surface area contributed by atoms with Crippen LogP contribution in [0.4, 0.5) is 0 Å². The standard InChI is InChI=1S/C18H29N3O3/c1-4-16-15(6-5-11-23-16)18(22)21-9-7-20(8-10-21)12-17-19-13(2)14(3)24-17/h15-16H,4-12H2,1-3H3. The van der Waals surface area contributed by atoms with Crippen molar-refractivity contribution in [3.63, 3.8) is 0 Å². The molecule has 2 aliphatic heterocycles. The molecule has 6 heteroatoms. The number of ether oxygens (including phenoxy) is 1. The highest BCUT2D eigenvalue weighted by molar-refractivity contribution is 5.79. The normalized spacial score (nSPS) is 25.9. The number of aromatic nitrogens is 1. The van der Waals surface area contributed by atoms with Crippen LogP contribution in [0.25, 0.3) is 0 Å². The lowest BCUT2D eigenvalue weighted by molar-refractivity contribution is -0.147. The molecule has 2 saturated heterocycles. The first-order valence-electron chi connectivity index (χ1n) is 9.14. The first-order valence-corrected chi connectivity index (χ1v) is 9.14. The fourth-order valence-electron chi connectivity index (χ4n) is 3.68. The number of hydrogen-bond acceptors (Lipinski definition) is 5. The first kappa shape index (κ1) is 17.4. The number of aryl methyl sites for hydroxylation is 2. The van der Waals surface area contributed by atoms with Crippen LogP contribution in [0.1, 0.15) is 43.5 Å². The second kappa shape index (κ2) is 7.66. The van der Waals surface area contributed by atoms with E-state index < -0.39 is 0 Å². The lowest BCUT2D eigenvalue weighted by Gasteiger charge is -2.38. The van der Waals surface area contributed by atoms with E-state index in [4.69, 9.17) is 9.15 Å². The van der Waals surface area contributed by atoms with Gasteiger partial charge in [0.05, 0.1) is 24.3 Å². The Kier molecular flexibility index (Phi) is 5.56. The van der Waals surface area contributed by atoms with Crippen LogP contribution >= 0.6 is 0 Å². The highest BCUT2D eigenvalue weighted by Gasteiger charge is 2.34. The van der Waals surface area contributed by atoms with Crippen LogP contribution in [0, 0.1) is 19.8 Å². The van der Waals surface area contributed by atoms with E-state index in [0.29, 0.717) is 0 Å². The lowest BCUT2D eigenvalue weighted by atomic mass is 9.91. The molecule has 134 valence electrons. The van der Waals surface area contributed by atoms with Crippen molar-refractivity contribution in [2.24, 2.45) is 5.92 Å². The highest BCUT2D eigenvalue weighted by Crippen LogP contribution is 2.25. The summed E-state index contributed by atoms with van der Waals surface area (Å²) in [5.41, 5.74) is 0.960. The van der Waals surface area contributed by atoms with E-state index >= 15 is 0 Å². The fourth-order valence-corrected chi connectivity index (χ4v) is 3.68. The van der Waals surface area contributed by atoms with Gasteiger partial charge in [0.1, 0.15) is 5.76 Å². The van der Waals surface area contributed by atoms with Gasteiger partial charge in [0.25, 0.3) is 0 Å². The Labute approximate surface area is 144 Å². The molecule has 0 bridgehead atoms. The van der Waals surface area contributed by atoms with Crippen molar-refractivity contribution in [2.75, 3.05) is 32.8 Å². The van der Waals surface area contributed by atoms with Gasteiger partial charge >= 0.3 is 0 Å². The summed E-state index contributed by atoms with van der Waals surface area (Å²) in [6, 6.07) is 0. The second-order valence-corrected chi connectivity index (χ2v) is 6.92. The summed E-state index contributed by atoms with van der Waals surface area (Å²) in [5.74, 6) is 1.99.